The van der Waals surface area contributed by atoms with Crippen LogP contribution in [-0.2, 0) is 11.2 Å². The SMILES string of the molecule is C[C@@H](C(=O)N1CCc2ccccc21)N1CCN(C(=O)c2cccs2)CC1. The lowest BCUT2D eigenvalue weighted by molar-refractivity contribution is -0.123. The Labute approximate surface area is 157 Å². The molecule has 1 aromatic heterocycles. The standard InChI is InChI=1S/C20H23N3O2S/c1-15(19(24)23-9-8-16-5-2-3-6-17(16)23)21-10-12-22(13-11-21)20(25)18-7-4-14-26-18/h2-7,14-15H,8-13H2,1H3/t15-/m0/s1. The monoisotopic (exact) mass is 369 g/mol. The van der Waals surface area contributed by atoms with E-state index >= 15 is 0 Å². The van der Waals surface area contributed by atoms with Gasteiger partial charge in [0.15, 0.2) is 0 Å². The first-order chi connectivity index (χ1) is 12.6. The van der Waals surface area contributed by atoms with Gasteiger partial charge in [0.25, 0.3) is 5.91 Å². The predicted octanol–water partition coefficient (Wildman–Crippen LogP) is 2.48. The van der Waals surface area contributed by atoms with E-state index in [1.54, 1.807) is 0 Å². The molecule has 2 aromatic rings. The van der Waals surface area contributed by atoms with Gasteiger partial charge in [0, 0.05) is 38.4 Å². The number of carbonyl (C=O) groups is 2. The zero-order valence-electron chi connectivity index (χ0n) is 14.9. The first-order valence-corrected chi connectivity index (χ1v) is 9.99. The van der Waals surface area contributed by atoms with Crippen molar-refractivity contribution in [3.8, 4) is 0 Å². The van der Waals surface area contributed by atoms with Crippen LogP contribution in [0.15, 0.2) is 41.8 Å². The fourth-order valence-corrected chi connectivity index (χ4v) is 4.51. The van der Waals surface area contributed by atoms with Crippen LogP contribution in [0.3, 0.4) is 0 Å². The van der Waals surface area contributed by atoms with Crippen LogP contribution in [0.25, 0.3) is 0 Å². The van der Waals surface area contributed by atoms with Crippen LogP contribution in [0.2, 0.25) is 0 Å². The number of rotatable bonds is 3. The van der Waals surface area contributed by atoms with Gasteiger partial charge in [0.05, 0.1) is 10.9 Å². The lowest BCUT2D eigenvalue weighted by Crippen LogP contribution is -2.55. The summed E-state index contributed by atoms with van der Waals surface area (Å²) in [4.78, 5) is 32.3. The maximum absolute atomic E-state index is 13.0. The highest BCUT2D eigenvalue weighted by Gasteiger charge is 2.33. The molecule has 1 saturated heterocycles. The second-order valence-corrected chi connectivity index (χ2v) is 7.80. The number of carbonyl (C=O) groups excluding carboxylic acids is 2. The summed E-state index contributed by atoms with van der Waals surface area (Å²) >= 11 is 1.48. The minimum absolute atomic E-state index is 0.104. The highest BCUT2D eigenvalue weighted by molar-refractivity contribution is 7.12. The van der Waals surface area contributed by atoms with Crippen molar-refractivity contribution in [1.29, 1.82) is 0 Å². The van der Waals surface area contributed by atoms with Crippen molar-refractivity contribution in [3.05, 3.63) is 52.2 Å². The van der Waals surface area contributed by atoms with Crippen molar-refractivity contribution in [2.24, 2.45) is 0 Å². The smallest absolute Gasteiger partial charge is 0.264 e. The third-order valence-corrected chi connectivity index (χ3v) is 6.25. The fourth-order valence-electron chi connectivity index (χ4n) is 3.82. The summed E-state index contributed by atoms with van der Waals surface area (Å²) in [5, 5.41) is 1.93. The zero-order chi connectivity index (χ0) is 18.1. The Balaban J connectivity index is 1.37. The number of thiophene rings is 1. The summed E-state index contributed by atoms with van der Waals surface area (Å²) in [5.74, 6) is 0.264. The second-order valence-electron chi connectivity index (χ2n) is 6.85. The number of fused-ring (bicyclic) bond motifs is 1. The largest absolute Gasteiger partial charge is 0.335 e. The van der Waals surface area contributed by atoms with E-state index in [9.17, 15) is 9.59 Å². The number of para-hydroxylation sites is 1. The van der Waals surface area contributed by atoms with Gasteiger partial charge in [-0.25, -0.2) is 0 Å². The van der Waals surface area contributed by atoms with Gasteiger partial charge >= 0.3 is 0 Å². The van der Waals surface area contributed by atoms with Gasteiger partial charge in [-0.1, -0.05) is 24.3 Å². The van der Waals surface area contributed by atoms with Gasteiger partial charge in [-0.15, -0.1) is 11.3 Å². The highest BCUT2D eigenvalue weighted by Crippen LogP contribution is 2.28. The summed E-state index contributed by atoms with van der Waals surface area (Å²) in [7, 11) is 0. The molecule has 2 aliphatic heterocycles. The van der Waals surface area contributed by atoms with E-state index in [0.717, 1.165) is 36.6 Å². The third kappa shape index (κ3) is 3.15. The van der Waals surface area contributed by atoms with Crippen LogP contribution >= 0.6 is 11.3 Å². The van der Waals surface area contributed by atoms with Crippen LogP contribution in [-0.4, -0.2) is 60.4 Å². The first-order valence-electron chi connectivity index (χ1n) is 9.11. The van der Waals surface area contributed by atoms with Crippen molar-refractivity contribution >= 4 is 28.8 Å². The molecule has 0 N–H and O–H groups in total. The lowest BCUT2D eigenvalue weighted by atomic mass is 10.1. The van der Waals surface area contributed by atoms with E-state index in [1.807, 2.05) is 52.4 Å². The fraction of sp³-hybridized carbons (Fsp3) is 0.400. The van der Waals surface area contributed by atoms with Crippen LogP contribution in [0.1, 0.15) is 22.2 Å². The van der Waals surface area contributed by atoms with Gasteiger partial charge in [-0.3, -0.25) is 14.5 Å². The van der Waals surface area contributed by atoms with Gasteiger partial charge in [-0.05, 0) is 36.4 Å². The Morgan fingerprint density at radius 3 is 2.50 bits per heavy atom. The molecule has 6 heteroatoms. The van der Waals surface area contributed by atoms with Gasteiger partial charge in [0.2, 0.25) is 5.91 Å². The molecule has 0 bridgehead atoms. The quantitative estimate of drug-likeness (QED) is 0.835. The van der Waals surface area contributed by atoms with Gasteiger partial charge in [0.1, 0.15) is 0 Å². The van der Waals surface area contributed by atoms with Crippen molar-refractivity contribution in [2.45, 2.75) is 19.4 Å². The molecular weight excluding hydrogens is 346 g/mol. The van der Waals surface area contributed by atoms with Gasteiger partial charge in [-0.2, -0.15) is 0 Å². The Morgan fingerprint density at radius 2 is 1.77 bits per heavy atom. The number of nitrogens with zero attached hydrogens (tertiary/aromatic N) is 3. The molecule has 2 aliphatic rings. The minimum Gasteiger partial charge on any atom is -0.335 e. The number of amides is 2. The molecule has 3 heterocycles. The van der Waals surface area contributed by atoms with Crippen LogP contribution in [0, 0.1) is 0 Å². The van der Waals surface area contributed by atoms with E-state index in [2.05, 4.69) is 11.0 Å². The molecule has 5 nitrogen and oxygen atoms in total. The predicted molar refractivity (Wildman–Crippen MR) is 104 cm³/mol. The molecule has 136 valence electrons. The molecule has 1 aromatic carbocycles. The van der Waals surface area contributed by atoms with Crippen molar-refractivity contribution < 1.29 is 9.59 Å². The molecule has 4 rings (SSSR count). The molecule has 1 atom stereocenters. The maximum atomic E-state index is 13.0. The van der Waals surface area contributed by atoms with E-state index in [0.29, 0.717) is 13.1 Å². The second kappa shape index (κ2) is 7.21. The van der Waals surface area contributed by atoms with Crippen LogP contribution in [0.5, 0.6) is 0 Å². The highest BCUT2D eigenvalue weighted by atomic mass is 32.1. The molecule has 0 spiro atoms. The molecule has 0 radical (unpaired) electrons. The molecule has 26 heavy (non-hydrogen) atoms. The summed E-state index contributed by atoms with van der Waals surface area (Å²) in [6, 6.07) is 11.8. The Hall–Kier alpha value is -2.18. The number of benzene rings is 1. The summed E-state index contributed by atoms with van der Waals surface area (Å²) < 4.78 is 0. The average Bonchev–Trinajstić information content (AvgIpc) is 3.36. The summed E-state index contributed by atoms with van der Waals surface area (Å²) in [6.07, 6.45) is 0.928. The molecular formula is C20H23N3O2S. The van der Waals surface area contributed by atoms with Gasteiger partial charge < -0.3 is 9.80 Å². The Kier molecular flexibility index (Phi) is 4.78. The first kappa shape index (κ1) is 17.2. The number of piperazine rings is 1. The summed E-state index contributed by atoms with van der Waals surface area (Å²) in [5.41, 5.74) is 2.30. The maximum Gasteiger partial charge on any atom is 0.264 e. The Morgan fingerprint density at radius 1 is 1.00 bits per heavy atom. The Bertz CT molecular complexity index is 797. The topological polar surface area (TPSA) is 43.9 Å². The van der Waals surface area contributed by atoms with E-state index < -0.39 is 0 Å². The molecule has 0 unspecified atom stereocenters. The molecule has 2 amide bonds. The van der Waals surface area contributed by atoms with Crippen molar-refractivity contribution in [1.82, 2.24) is 9.80 Å². The average molecular weight is 369 g/mol. The molecule has 0 aliphatic carbocycles. The number of hydrogen-bond donors (Lipinski definition) is 0. The lowest BCUT2D eigenvalue weighted by Gasteiger charge is -2.38. The minimum atomic E-state index is -0.167. The summed E-state index contributed by atoms with van der Waals surface area (Å²) in [6.45, 7) is 5.56. The van der Waals surface area contributed by atoms with E-state index in [1.165, 1.54) is 16.9 Å². The molecule has 1 fully saturated rings. The van der Waals surface area contributed by atoms with Crippen molar-refractivity contribution in [2.75, 3.05) is 37.6 Å². The van der Waals surface area contributed by atoms with E-state index in [-0.39, 0.29) is 17.9 Å². The molecule has 0 saturated carbocycles. The normalized spacial score (nSPS) is 18.7. The van der Waals surface area contributed by atoms with E-state index in [4.69, 9.17) is 0 Å². The van der Waals surface area contributed by atoms with Crippen LogP contribution < -0.4 is 4.90 Å². The van der Waals surface area contributed by atoms with Crippen molar-refractivity contribution in [3.63, 3.8) is 0 Å². The number of hydrogen-bond acceptors (Lipinski definition) is 4. The zero-order valence-corrected chi connectivity index (χ0v) is 15.7. The third-order valence-electron chi connectivity index (χ3n) is 5.39. The number of anilines is 1. The van der Waals surface area contributed by atoms with Crippen LogP contribution in [0.4, 0.5) is 5.69 Å².